The second-order valence-electron chi connectivity index (χ2n) is 8.41. The molecule has 1 amide bonds. The van der Waals surface area contributed by atoms with Gasteiger partial charge in [-0.15, -0.1) is 0 Å². The molecule has 0 aliphatic carbocycles. The third-order valence-electron chi connectivity index (χ3n) is 5.37. The molecule has 0 aromatic heterocycles. The molecule has 1 N–H and O–H groups in total. The number of rotatable bonds is 4. The molecule has 0 radical (unpaired) electrons. The van der Waals surface area contributed by atoms with Crippen molar-refractivity contribution in [2.45, 2.75) is 51.9 Å². The van der Waals surface area contributed by atoms with E-state index in [2.05, 4.69) is 11.4 Å². The maximum Gasteiger partial charge on any atom is 0.261 e. The van der Waals surface area contributed by atoms with Gasteiger partial charge in [-0.05, 0) is 50.8 Å². The molecule has 0 spiro atoms. The van der Waals surface area contributed by atoms with Gasteiger partial charge in [0.25, 0.3) is 5.91 Å². The second-order valence-corrected chi connectivity index (χ2v) is 8.41. The van der Waals surface area contributed by atoms with Crippen LogP contribution in [-0.4, -0.2) is 17.6 Å². The smallest absolute Gasteiger partial charge is 0.261 e. The fourth-order valence-corrected chi connectivity index (χ4v) is 3.92. The van der Waals surface area contributed by atoms with Crippen molar-refractivity contribution < 1.29 is 14.3 Å². The molecule has 0 fully saturated rings. The highest BCUT2D eigenvalue weighted by atomic mass is 16.5. The number of carbonyl (C=O) groups excluding carboxylic acids is 1. The number of nitrogens with one attached hydrogen (secondary N) is 1. The van der Waals surface area contributed by atoms with Gasteiger partial charge in [0.1, 0.15) is 17.1 Å². The van der Waals surface area contributed by atoms with E-state index in [-0.39, 0.29) is 17.6 Å². The summed E-state index contributed by atoms with van der Waals surface area (Å²) in [6.45, 7) is 7.93. The Morgan fingerprint density at radius 2 is 1.90 bits per heavy atom. The molecule has 0 saturated carbocycles. The highest BCUT2D eigenvalue weighted by Crippen LogP contribution is 2.40. The van der Waals surface area contributed by atoms with Gasteiger partial charge in [0.2, 0.25) is 0 Å². The lowest BCUT2D eigenvalue weighted by atomic mass is 9.89. The molecule has 4 heteroatoms. The number of aryl methyl sites for hydroxylation is 1. The van der Waals surface area contributed by atoms with E-state index in [4.69, 9.17) is 9.47 Å². The van der Waals surface area contributed by atoms with E-state index in [0.29, 0.717) is 12.2 Å². The van der Waals surface area contributed by atoms with Crippen LogP contribution in [0.25, 0.3) is 10.8 Å². The van der Waals surface area contributed by atoms with Crippen LogP contribution in [0.15, 0.2) is 60.7 Å². The van der Waals surface area contributed by atoms with Crippen molar-refractivity contribution in [3.8, 4) is 11.5 Å². The molecule has 0 unspecified atom stereocenters. The summed E-state index contributed by atoms with van der Waals surface area (Å²) in [4.78, 5) is 13.0. The van der Waals surface area contributed by atoms with Gasteiger partial charge < -0.3 is 14.8 Å². The van der Waals surface area contributed by atoms with Crippen LogP contribution in [0.4, 0.5) is 0 Å². The summed E-state index contributed by atoms with van der Waals surface area (Å²) >= 11 is 0. The third kappa shape index (κ3) is 4.07. The first kappa shape index (κ1) is 19.3. The molecule has 150 valence electrons. The predicted molar refractivity (Wildman–Crippen MR) is 115 cm³/mol. The first-order valence-electron chi connectivity index (χ1n) is 10.1. The van der Waals surface area contributed by atoms with E-state index >= 15 is 0 Å². The van der Waals surface area contributed by atoms with Crippen molar-refractivity contribution in [2.75, 3.05) is 0 Å². The van der Waals surface area contributed by atoms with Gasteiger partial charge in [-0.2, -0.15) is 0 Å². The maximum absolute atomic E-state index is 13.0. The van der Waals surface area contributed by atoms with Crippen molar-refractivity contribution >= 4 is 16.7 Å². The Hall–Kier alpha value is -3.01. The second kappa shape index (κ2) is 7.43. The van der Waals surface area contributed by atoms with Crippen molar-refractivity contribution in [1.82, 2.24) is 5.32 Å². The number of carbonyl (C=O) groups is 1. The van der Waals surface area contributed by atoms with Crippen molar-refractivity contribution in [3.63, 3.8) is 0 Å². The van der Waals surface area contributed by atoms with Gasteiger partial charge in [-0.3, -0.25) is 4.79 Å². The van der Waals surface area contributed by atoms with Crippen LogP contribution in [0.2, 0.25) is 0 Å². The topological polar surface area (TPSA) is 47.6 Å². The molecule has 3 aromatic rings. The monoisotopic (exact) mass is 389 g/mol. The van der Waals surface area contributed by atoms with Gasteiger partial charge in [0, 0.05) is 17.4 Å². The fraction of sp³-hybridized carbons (Fsp3) is 0.320. The fourth-order valence-electron chi connectivity index (χ4n) is 3.92. The van der Waals surface area contributed by atoms with Crippen LogP contribution < -0.4 is 14.8 Å². The summed E-state index contributed by atoms with van der Waals surface area (Å²) in [5.74, 6) is 1.43. The van der Waals surface area contributed by atoms with E-state index in [1.54, 1.807) is 6.92 Å². The molecular formula is C25H27NO3. The minimum Gasteiger partial charge on any atom is -0.487 e. The van der Waals surface area contributed by atoms with Gasteiger partial charge in [-0.1, -0.05) is 48.5 Å². The average Bonchev–Trinajstić information content (AvgIpc) is 2.67. The quantitative estimate of drug-likeness (QED) is 0.656. The van der Waals surface area contributed by atoms with Crippen molar-refractivity contribution in [3.05, 3.63) is 71.8 Å². The van der Waals surface area contributed by atoms with Crippen LogP contribution in [0, 0.1) is 6.92 Å². The Labute approximate surface area is 171 Å². The Kier molecular flexibility index (Phi) is 4.95. The zero-order valence-corrected chi connectivity index (χ0v) is 17.4. The normalized spacial score (nSPS) is 18.4. The van der Waals surface area contributed by atoms with Gasteiger partial charge in [0.15, 0.2) is 6.10 Å². The molecule has 1 aliphatic rings. The van der Waals surface area contributed by atoms with E-state index < -0.39 is 6.10 Å². The Bertz CT molecular complexity index is 1050. The summed E-state index contributed by atoms with van der Waals surface area (Å²) in [5.41, 5.74) is 1.80. The number of fused-ring (bicyclic) bond motifs is 2. The molecular weight excluding hydrogens is 362 g/mol. The van der Waals surface area contributed by atoms with Crippen LogP contribution in [-0.2, 0) is 4.79 Å². The summed E-state index contributed by atoms with van der Waals surface area (Å²) in [7, 11) is 0. The predicted octanol–water partition coefficient (Wildman–Crippen LogP) is 5.33. The lowest BCUT2D eigenvalue weighted by Crippen LogP contribution is -2.44. The summed E-state index contributed by atoms with van der Waals surface area (Å²) in [6.07, 6.45) is 0.0937. The molecule has 1 heterocycles. The minimum absolute atomic E-state index is 0.111. The molecule has 2 atom stereocenters. The number of hydrogen-bond acceptors (Lipinski definition) is 3. The third-order valence-corrected chi connectivity index (χ3v) is 5.37. The molecule has 29 heavy (non-hydrogen) atoms. The number of amides is 1. The molecule has 3 aromatic carbocycles. The Morgan fingerprint density at radius 3 is 2.72 bits per heavy atom. The minimum atomic E-state index is -0.610. The number of hydrogen-bond donors (Lipinski definition) is 1. The van der Waals surface area contributed by atoms with Crippen LogP contribution in [0.1, 0.15) is 44.4 Å². The van der Waals surface area contributed by atoms with Gasteiger partial charge >= 0.3 is 0 Å². The zero-order valence-electron chi connectivity index (χ0n) is 17.4. The average molecular weight is 389 g/mol. The molecule has 4 rings (SSSR count). The number of benzene rings is 3. The van der Waals surface area contributed by atoms with Crippen LogP contribution >= 0.6 is 0 Å². The van der Waals surface area contributed by atoms with Crippen molar-refractivity contribution in [2.24, 2.45) is 0 Å². The van der Waals surface area contributed by atoms with E-state index in [1.807, 2.05) is 75.4 Å². The Balaban J connectivity index is 1.53. The standard InChI is InChI=1S/C25H27NO3/c1-16-12-13-20-21(15-25(3,4)29-23(20)14-16)26-24(27)17(2)28-22-11-7-9-18-8-5-6-10-19(18)22/h5-14,17,21H,15H2,1-4H3,(H,26,27)/t17-,21-/m0/s1. The molecule has 0 bridgehead atoms. The van der Waals surface area contributed by atoms with Crippen molar-refractivity contribution in [1.29, 1.82) is 0 Å². The molecule has 0 saturated heterocycles. The lowest BCUT2D eigenvalue weighted by Gasteiger charge is -2.38. The van der Waals surface area contributed by atoms with E-state index in [1.165, 1.54) is 0 Å². The molecule has 1 aliphatic heterocycles. The van der Waals surface area contributed by atoms with Crippen LogP contribution in [0.5, 0.6) is 11.5 Å². The first-order chi connectivity index (χ1) is 13.8. The van der Waals surface area contributed by atoms with Gasteiger partial charge in [0.05, 0.1) is 6.04 Å². The summed E-state index contributed by atoms with van der Waals surface area (Å²) < 4.78 is 12.2. The van der Waals surface area contributed by atoms with E-state index in [0.717, 1.165) is 27.6 Å². The highest BCUT2D eigenvalue weighted by molar-refractivity contribution is 5.89. The number of ether oxygens (including phenoxy) is 2. The molecule has 4 nitrogen and oxygen atoms in total. The van der Waals surface area contributed by atoms with Crippen LogP contribution in [0.3, 0.4) is 0 Å². The lowest BCUT2D eigenvalue weighted by molar-refractivity contribution is -0.128. The zero-order chi connectivity index (χ0) is 20.6. The van der Waals surface area contributed by atoms with E-state index in [9.17, 15) is 4.79 Å². The SMILES string of the molecule is Cc1ccc2c(c1)OC(C)(C)C[C@@H]2NC(=O)[C@H](C)Oc1cccc2ccccc12. The summed E-state index contributed by atoms with van der Waals surface area (Å²) in [5, 5.41) is 5.27. The largest absolute Gasteiger partial charge is 0.487 e. The first-order valence-corrected chi connectivity index (χ1v) is 10.1. The Morgan fingerprint density at radius 1 is 1.14 bits per heavy atom. The van der Waals surface area contributed by atoms with Gasteiger partial charge in [-0.25, -0.2) is 0 Å². The highest BCUT2D eigenvalue weighted by Gasteiger charge is 2.35. The maximum atomic E-state index is 13.0. The summed E-state index contributed by atoms with van der Waals surface area (Å²) in [6, 6.07) is 19.9.